The van der Waals surface area contributed by atoms with E-state index < -0.39 is 0 Å². The second-order valence-corrected chi connectivity index (χ2v) is 36.0. The fourth-order valence-electron chi connectivity index (χ4n) is 22.4. The molecule has 0 N–H and O–H groups in total. The van der Waals surface area contributed by atoms with Crippen molar-refractivity contribution in [2.24, 2.45) is 0 Å². The summed E-state index contributed by atoms with van der Waals surface area (Å²) in [6.45, 7) is 16.2. The Kier molecular flexibility index (Phi) is 16.1. The zero-order valence-corrected chi connectivity index (χ0v) is 66.6. The van der Waals surface area contributed by atoms with Gasteiger partial charge in [-0.1, -0.05) is 185 Å². The Morgan fingerprint density at radius 2 is 0.670 bits per heavy atom. The van der Waals surface area contributed by atoms with Gasteiger partial charge in [-0.2, -0.15) is 0 Å². The topological polar surface area (TPSA) is 19.4 Å². The number of rotatable bonds is 9. The van der Waals surface area contributed by atoms with Gasteiger partial charge in [0.2, 0.25) is 0 Å². The molecule has 6 aliphatic heterocycles. The van der Waals surface area contributed by atoms with E-state index in [1.54, 1.807) is 0 Å². The Bertz CT molecular complexity index is 6230. The van der Waals surface area contributed by atoms with Gasteiger partial charge in [0.25, 0.3) is 0 Å². The van der Waals surface area contributed by atoms with Crippen LogP contribution in [-0.2, 0) is 17.3 Å². The maximum Gasteiger partial charge on any atom is 0.0556 e. The van der Waals surface area contributed by atoms with Crippen LogP contribution in [0.2, 0.25) is 0 Å². The summed E-state index contributed by atoms with van der Waals surface area (Å²) in [4.78, 5) is 18.6. The summed E-state index contributed by atoms with van der Waals surface area (Å²) in [5.74, 6) is 0. The molecule has 2 atom stereocenters. The van der Waals surface area contributed by atoms with Crippen LogP contribution in [0.1, 0.15) is 138 Å². The number of hydrogen-bond donors (Lipinski definition) is 0. The van der Waals surface area contributed by atoms with Crippen LogP contribution < -0.4 is 29.4 Å². The van der Waals surface area contributed by atoms with Gasteiger partial charge in [0, 0.05) is 127 Å². The van der Waals surface area contributed by atoms with E-state index in [-0.39, 0.29) is 10.8 Å². The Morgan fingerprint density at radius 3 is 1.20 bits per heavy atom. The van der Waals surface area contributed by atoms with Crippen molar-refractivity contribution in [3.8, 4) is 66.8 Å². The smallest absolute Gasteiger partial charge is 0.0556 e. The second-order valence-electron chi connectivity index (χ2n) is 34.9. The maximum absolute atomic E-state index is 2.91. The lowest BCUT2D eigenvalue weighted by molar-refractivity contribution is 0.338. The third kappa shape index (κ3) is 10.7. The average Bonchev–Trinajstić information content (AvgIpc) is 1.22. The average molecular weight is 1480 g/mol. The SMILES string of the molecule is CN1c2ccccc2Cc2ccc(-c3c4ccc(N5CCCCC5C5CCCCN5c5ccc6c(-c7ccc8c(c7)C(C)(C)c7ccccc7-8)c7cc(N8CCCCC8)ccc7c(-c7ccc8c(c7)N(C)c7ccccc7S8)c6c5)cc4c(-c4ccc5c(c4)C(C)(C)c4ccccc4-5)c4ccc(N5CCCCC5)cc34)cc21. The van der Waals surface area contributed by atoms with E-state index in [1.165, 1.54) is 263 Å². The molecule has 4 saturated heterocycles. The third-order valence-corrected chi connectivity index (χ3v) is 29.2. The highest BCUT2D eigenvalue weighted by Gasteiger charge is 2.40. The van der Waals surface area contributed by atoms with E-state index in [2.05, 4.69) is 314 Å². The van der Waals surface area contributed by atoms with E-state index in [0.29, 0.717) is 12.1 Å². The quantitative estimate of drug-likeness (QED) is 0.132. The van der Waals surface area contributed by atoms with E-state index in [9.17, 15) is 0 Å². The van der Waals surface area contributed by atoms with Gasteiger partial charge >= 0.3 is 0 Å². The largest absolute Gasteiger partial charge is 0.372 e. The summed E-state index contributed by atoms with van der Waals surface area (Å²) >= 11 is 1.90. The molecule has 6 heterocycles. The molecule has 14 aromatic carbocycles. The molecule has 0 spiro atoms. The molecule has 7 heteroatoms. The summed E-state index contributed by atoms with van der Waals surface area (Å²) < 4.78 is 0. The molecule has 6 nitrogen and oxygen atoms in total. The normalized spacial score (nSPS) is 18.7. The van der Waals surface area contributed by atoms with Crippen LogP contribution in [-0.4, -0.2) is 65.4 Å². The van der Waals surface area contributed by atoms with Crippen molar-refractivity contribution in [2.45, 2.75) is 144 Å². The van der Waals surface area contributed by atoms with Crippen LogP contribution in [0.25, 0.3) is 110 Å². The van der Waals surface area contributed by atoms with Gasteiger partial charge in [-0.15, -0.1) is 0 Å². The molecular weight excluding hydrogens is 1380 g/mol. The molecule has 14 aromatic rings. The van der Waals surface area contributed by atoms with Gasteiger partial charge < -0.3 is 29.4 Å². The number of nitrogens with zero attached hydrogens (tertiary/aromatic N) is 6. The lowest BCUT2D eigenvalue weighted by Gasteiger charge is -2.49. The summed E-state index contributed by atoms with van der Waals surface area (Å²) in [6.07, 6.45) is 15.5. The van der Waals surface area contributed by atoms with Crippen molar-refractivity contribution in [1.82, 2.24) is 0 Å². The Balaban J connectivity index is 0.727. The van der Waals surface area contributed by atoms with E-state index in [4.69, 9.17) is 0 Å². The molecule has 4 fully saturated rings. The minimum absolute atomic E-state index is 0.147. The van der Waals surface area contributed by atoms with Crippen LogP contribution in [0.3, 0.4) is 0 Å². The standard InChI is InChI=1S/C105H98N6S/c1-104(2)88-28-12-10-26-76(88)78-44-37-68(58-90(78)104)100-82-48-42-75(65-87(82)103(81-47-41-72(62-84(81)100)108-51-19-7-20-52-108)71-39-50-99-97(61-71)107(6)95-33-15-16-34-98(95)112-99)111-56-24-18-32-94(111)93-31-17-23-55-110(93)74-43-49-83-86(64-74)101(69-38-45-79-77-27-11-13-29-89(77)105(3,4)91(79)59-69)80-46-40-73(109-53-21-8-22-54-109)63-85(80)102(83)70-36-35-67-57-66-25-9-14-30-92(66)106(5)96(67)60-70/h9-16,25-30,33-50,58-65,93-94H,7-8,17-24,31-32,51-57H2,1-6H3. The minimum Gasteiger partial charge on any atom is -0.372 e. The van der Waals surface area contributed by atoms with Gasteiger partial charge in [-0.3, -0.25) is 0 Å². The van der Waals surface area contributed by atoms with Crippen LogP contribution >= 0.6 is 11.8 Å². The van der Waals surface area contributed by atoms with Gasteiger partial charge in [0.15, 0.2) is 0 Å². The summed E-state index contributed by atoms with van der Waals surface area (Å²) in [5, 5.41) is 10.6. The van der Waals surface area contributed by atoms with Crippen molar-refractivity contribution >= 4 is 100 Å². The molecule has 0 aromatic heterocycles. The first kappa shape index (κ1) is 68.1. The first-order valence-corrected chi connectivity index (χ1v) is 42.9. The summed E-state index contributed by atoms with van der Waals surface area (Å²) in [5.41, 5.74) is 34.5. The maximum atomic E-state index is 2.91. The highest BCUT2D eigenvalue weighted by molar-refractivity contribution is 7.99. The number of hydrogen-bond acceptors (Lipinski definition) is 7. The van der Waals surface area contributed by atoms with Crippen molar-refractivity contribution in [3.05, 3.63) is 276 Å². The molecule has 0 amide bonds. The highest BCUT2D eigenvalue weighted by Crippen LogP contribution is 2.57. The van der Waals surface area contributed by atoms with Crippen LogP contribution in [0.4, 0.5) is 45.5 Å². The van der Waals surface area contributed by atoms with Gasteiger partial charge in [-0.25, -0.2) is 0 Å². The lowest BCUT2D eigenvalue weighted by Crippen LogP contribution is -2.56. The number of fused-ring (bicyclic) bond motifs is 14. The molecular formula is C105H98N6S. The minimum atomic E-state index is -0.155. The van der Waals surface area contributed by atoms with Crippen LogP contribution in [0.15, 0.2) is 252 Å². The molecule has 0 radical (unpaired) electrons. The molecule has 0 bridgehead atoms. The van der Waals surface area contributed by atoms with E-state index in [1.807, 2.05) is 11.8 Å². The van der Waals surface area contributed by atoms with Crippen molar-refractivity contribution in [3.63, 3.8) is 0 Å². The second kappa shape index (κ2) is 26.5. The highest BCUT2D eigenvalue weighted by atomic mass is 32.2. The van der Waals surface area contributed by atoms with E-state index >= 15 is 0 Å². The Labute approximate surface area is 665 Å². The molecule has 112 heavy (non-hydrogen) atoms. The monoisotopic (exact) mass is 1470 g/mol. The van der Waals surface area contributed by atoms with Crippen molar-refractivity contribution in [2.75, 3.05) is 82.8 Å². The number of benzene rings is 14. The third-order valence-electron chi connectivity index (χ3n) is 28.1. The lowest BCUT2D eigenvalue weighted by atomic mass is 9.80. The fraction of sp³-hybridized carbons (Fsp3) is 0.276. The van der Waals surface area contributed by atoms with Crippen molar-refractivity contribution in [1.29, 1.82) is 0 Å². The predicted octanol–water partition coefficient (Wildman–Crippen LogP) is 26.9. The zero-order valence-electron chi connectivity index (χ0n) is 65.8. The molecule has 2 unspecified atom stereocenters. The van der Waals surface area contributed by atoms with Gasteiger partial charge in [0.05, 0.1) is 11.4 Å². The summed E-state index contributed by atoms with van der Waals surface area (Å²) in [7, 11) is 4.55. The zero-order chi connectivity index (χ0) is 74.8. The molecule has 22 rings (SSSR count). The summed E-state index contributed by atoms with van der Waals surface area (Å²) in [6, 6.07) is 97.6. The molecule has 8 aliphatic rings. The molecule has 2 aliphatic carbocycles. The Hall–Kier alpha value is -10.7. The van der Waals surface area contributed by atoms with Gasteiger partial charge in [-0.05, 0) is 317 Å². The first-order valence-electron chi connectivity index (χ1n) is 42.1. The van der Waals surface area contributed by atoms with E-state index in [0.717, 1.165) is 58.5 Å². The molecule has 0 saturated carbocycles. The van der Waals surface area contributed by atoms with Crippen LogP contribution in [0, 0.1) is 0 Å². The Morgan fingerprint density at radius 1 is 0.286 bits per heavy atom. The number of anilines is 8. The van der Waals surface area contributed by atoms with Crippen LogP contribution in [0.5, 0.6) is 0 Å². The fourth-order valence-corrected chi connectivity index (χ4v) is 23.5. The predicted molar refractivity (Wildman–Crippen MR) is 478 cm³/mol. The first-order chi connectivity index (χ1) is 54.9. The number of para-hydroxylation sites is 2. The number of piperidine rings is 4. The van der Waals surface area contributed by atoms with Crippen molar-refractivity contribution < 1.29 is 0 Å². The molecule has 554 valence electrons. The van der Waals surface area contributed by atoms with Gasteiger partial charge in [0.1, 0.15) is 0 Å².